The largest absolute Gasteiger partial charge is 0.497 e. The molecule has 0 aliphatic rings. The van der Waals surface area contributed by atoms with Crippen LogP contribution in [0.15, 0.2) is 54.6 Å². The lowest BCUT2D eigenvalue weighted by Gasteiger charge is -2.17. The van der Waals surface area contributed by atoms with Crippen LogP contribution in [0.25, 0.3) is 0 Å². The van der Waals surface area contributed by atoms with E-state index in [0.717, 1.165) is 11.3 Å². The number of hydrogen-bond donors (Lipinski definition) is 2. The number of carbonyl (C=O) groups is 2. The first-order valence-electron chi connectivity index (χ1n) is 8.35. The predicted molar refractivity (Wildman–Crippen MR) is 105 cm³/mol. The van der Waals surface area contributed by atoms with E-state index < -0.39 is 6.04 Å². The van der Waals surface area contributed by atoms with Gasteiger partial charge in [0.1, 0.15) is 18.3 Å². The van der Waals surface area contributed by atoms with E-state index in [0.29, 0.717) is 17.1 Å². The average molecular weight is 383 g/mol. The van der Waals surface area contributed by atoms with Gasteiger partial charge in [0, 0.05) is 17.1 Å². The summed E-state index contributed by atoms with van der Waals surface area (Å²) in [6, 6.07) is 17.6. The fourth-order valence-electron chi connectivity index (χ4n) is 2.29. The highest BCUT2D eigenvalue weighted by Gasteiger charge is 2.21. The monoisotopic (exact) mass is 383 g/mol. The number of carbonyl (C=O) groups excluding carboxylic acids is 2. The molecular formula is C20H21N3O3S. The molecule has 2 aromatic rings. The second kappa shape index (κ2) is 10.9. The van der Waals surface area contributed by atoms with Crippen molar-refractivity contribution >= 4 is 23.6 Å². The highest BCUT2D eigenvalue weighted by atomic mass is 32.2. The Morgan fingerprint density at radius 2 is 1.85 bits per heavy atom. The van der Waals surface area contributed by atoms with Crippen molar-refractivity contribution in [3.8, 4) is 11.8 Å². The first-order valence-corrected chi connectivity index (χ1v) is 9.50. The van der Waals surface area contributed by atoms with Gasteiger partial charge in [-0.3, -0.25) is 9.59 Å². The van der Waals surface area contributed by atoms with Crippen LogP contribution < -0.4 is 15.4 Å². The summed E-state index contributed by atoms with van der Waals surface area (Å²) >= 11 is 1.54. The Bertz CT molecular complexity index is 788. The number of ether oxygens (including phenoxy) is 1. The number of rotatable bonds is 9. The van der Waals surface area contributed by atoms with Crippen molar-refractivity contribution in [1.29, 1.82) is 5.26 Å². The summed E-state index contributed by atoms with van der Waals surface area (Å²) in [4.78, 5) is 24.8. The van der Waals surface area contributed by atoms with Crippen LogP contribution in [0.1, 0.15) is 15.9 Å². The van der Waals surface area contributed by atoms with Crippen LogP contribution in [0.2, 0.25) is 0 Å². The molecule has 140 valence electrons. The maximum absolute atomic E-state index is 12.5. The lowest BCUT2D eigenvalue weighted by molar-refractivity contribution is -0.122. The number of thioether (sulfide) groups is 1. The van der Waals surface area contributed by atoms with Crippen molar-refractivity contribution in [2.24, 2.45) is 0 Å². The third-order valence-corrected chi connectivity index (χ3v) is 4.82. The van der Waals surface area contributed by atoms with E-state index in [1.165, 1.54) is 0 Å². The first-order chi connectivity index (χ1) is 13.1. The summed E-state index contributed by atoms with van der Waals surface area (Å²) in [5.74, 6) is 1.04. The van der Waals surface area contributed by atoms with Gasteiger partial charge < -0.3 is 15.4 Å². The van der Waals surface area contributed by atoms with Crippen LogP contribution in [0.4, 0.5) is 0 Å². The molecular weight excluding hydrogens is 362 g/mol. The minimum Gasteiger partial charge on any atom is -0.497 e. The zero-order chi connectivity index (χ0) is 19.5. The smallest absolute Gasteiger partial charge is 0.251 e. The van der Waals surface area contributed by atoms with E-state index in [-0.39, 0.29) is 18.4 Å². The quantitative estimate of drug-likeness (QED) is 0.649. The molecule has 1 atom stereocenters. The number of nitrogens with one attached hydrogen (secondary N) is 2. The van der Waals surface area contributed by atoms with Gasteiger partial charge in [-0.1, -0.05) is 30.3 Å². The Morgan fingerprint density at radius 3 is 2.48 bits per heavy atom. The van der Waals surface area contributed by atoms with E-state index in [4.69, 9.17) is 10.00 Å². The molecule has 2 N–H and O–H groups in total. The minimum atomic E-state index is -0.735. The topological polar surface area (TPSA) is 91.2 Å². The van der Waals surface area contributed by atoms with Crippen LogP contribution in [0.5, 0.6) is 5.75 Å². The molecule has 7 heteroatoms. The van der Waals surface area contributed by atoms with Gasteiger partial charge in [-0.05, 0) is 29.8 Å². The Morgan fingerprint density at radius 1 is 1.15 bits per heavy atom. The minimum absolute atomic E-state index is 0.100. The fourth-order valence-corrected chi connectivity index (χ4v) is 3.30. The van der Waals surface area contributed by atoms with E-state index in [1.807, 2.05) is 36.4 Å². The molecule has 0 bridgehead atoms. The number of nitriles is 1. The highest BCUT2D eigenvalue weighted by Crippen LogP contribution is 2.14. The molecule has 27 heavy (non-hydrogen) atoms. The molecule has 2 rings (SSSR count). The molecule has 0 spiro atoms. The number of amides is 2. The van der Waals surface area contributed by atoms with Crippen LogP contribution in [0.3, 0.4) is 0 Å². The Kier molecular flexibility index (Phi) is 8.20. The number of benzene rings is 2. The Balaban J connectivity index is 1.98. The fraction of sp³-hybridized carbons (Fsp3) is 0.250. The Labute approximate surface area is 162 Å². The van der Waals surface area contributed by atoms with Gasteiger partial charge in [-0.2, -0.15) is 17.0 Å². The summed E-state index contributed by atoms with van der Waals surface area (Å²) in [6.45, 7) is -0.100. The molecule has 0 heterocycles. The van der Waals surface area contributed by atoms with Gasteiger partial charge in [-0.25, -0.2) is 0 Å². The molecule has 0 fully saturated rings. The first kappa shape index (κ1) is 20.3. The van der Waals surface area contributed by atoms with Crippen LogP contribution in [-0.4, -0.2) is 37.3 Å². The van der Waals surface area contributed by atoms with Crippen molar-refractivity contribution in [3.63, 3.8) is 0 Å². The molecule has 0 aliphatic heterocycles. The van der Waals surface area contributed by atoms with Gasteiger partial charge >= 0.3 is 0 Å². The molecule has 2 aromatic carbocycles. The maximum Gasteiger partial charge on any atom is 0.251 e. The molecule has 0 saturated carbocycles. The molecule has 0 aliphatic carbocycles. The van der Waals surface area contributed by atoms with Gasteiger partial charge in [-0.15, -0.1) is 0 Å². The van der Waals surface area contributed by atoms with Crippen molar-refractivity contribution in [2.45, 2.75) is 11.8 Å². The van der Waals surface area contributed by atoms with Crippen molar-refractivity contribution in [2.75, 3.05) is 19.4 Å². The number of methoxy groups -OCH3 is 1. The number of nitrogens with zero attached hydrogens (tertiary/aromatic N) is 1. The van der Waals surface area contributed by atoms with Gasteiger partial charge in [0.25, 0.3) is 5.91 Å². The zero-order valence-corrected chi connectivity index (χ0v) is 15.8. The van der Waals surface area contributed by atoms with Crippen LogP contribution >= 0.6 is 11.8 Å². The SMILES string of the molecule is COc1ccc(C(=O)NC(CSCc2ccccc2)C(=O)NCC#N)cc1. The summed E-state index contributed by atoms with van der Waals surface area (Å²) in [5.41, 5.74) is 1.57. The van der Waals surface area contributed by atoms with Crippen LogP contribution in [-0.2, 0) is 10.5 Å². The summed E-state index contributed by atoms with van der Waals surface area (Å²) in [7, 11) is 1.55. The lowest BCUT2D eigenvalue weighted by Crippen LogP contribution is -2.48. The third kappa shape index (κ3) is 6.68. The van der Waals surface area contributed by atoms with E-state index >= 15 is 0 Å². The standard InChI is InChI=1S/C20H21N3O3S/c1-26-17-9-7-16(8-10-17)19(24)23-18(20(25)22-12-11-21)14-27-13-15-5-3-2-4-6-15/h2-10,18H,12-14H2,1H3,(H,22,25)(H,23,24). The van der Waals surface area contributed by atoms with Crippen molar-refractivity contribution in [1.82, 2.24) is 10.6 Å². The second-order valence-electron chi connectivity index (χ2n) is 5.63. The summed E-state index contributed by atoms with van der Waals surface area (Å²) in [6.07, 6.45) is 0. The lowest BCUT2D eigenvalue weighted by atomic mass is 10.2. The second-order valence-corrected chi connectivity index (χ2v) is 6.66. The molecule has 0 radical (unpaired) electrons. The maximum atomic E-state index is 12.5. The highest BCUT2D eigenvalue weighted by molar-refractivity contribution is 7.98. The summed E-state index contributed by atoms with van der Waals surface area (Å²) < 4.78 is 5.08. The van der Waals surface area contributed by atoms with Gasteiger partial charge in [0.2, 0.25) is 5.91 Å². The average Bonchev–Trinajstić information content (AvgIpc) is 2.72. The van der Waals surface area contributed by atoms with E-state index in [1.54, 1.807) is 43.1 Å². The van der Waals surface area contributed by atoms with E-state index in [9.17, 15) is 9.59 Å². The number of hydrogen-bond acceptors (Lipinski definition) is 5. The zero-order valence-electron chi connectivity index (χ0n) is 15.0. The molecule has 6 nitrogen and oxygen atoms in total. The Hall–Kier alpha value is -2.98. The molecule has 0 aromatic heterocycles. The van der Waals surface area contributed by atoms with E-state index in [2.05, 4.69) is 10.6 Å². The molecule has 1 unspecified atom stereocenters. The van der Waals surface area contributed by atoms with Crippen molar-refractivity contribution < 1.29 is 14.3 Å². The third-order valence-electron chi connectivity index (χ3n) is 3.71. The van der Waals surface area contributed by atoms with Crippen molar-refractivity contribution in [3.05, 3.63) is 65.7 Å². The van der Waals surface area contributed by atoms with Gasteiger partial charge in [0.05, 0.1) is 13.2 Å². The summed E-state index contributed by atoms with van der Waals surface area (Å²) in [5, 5.41) is 13.9. The van der Waals surface area contributed by atoms with Gasteiger partial charge in [0.15, 0.2) is 0 Å². The normalized spacial score (nSPS) is 11.1. The molecule has 2 amide bonds. The van der Waals surface area contributed by atoms with Crippen LogP contribution in [0, 0.1) is 11.3 Å². The predicted octanol–water partition coefficient (Wildman–Crippen LogP) is 2.37. The molecule has 0 saturated heterocycles.